The van der Waals surface area contributed by atoms with E-state index in [0.717, 1.165) is 24.1 Å². The van der Waals surface area contributed by atoms with Crippen molar-refractivity contribution < 1.29 is 0 Å². The van der Waals surface area contributed by atoms with Crippen molar-refractivity contribution in [2.24, 2.45) is 18.0 Å². The highest BCUT2D eigenvalue weighted by molar-refractivity contribution is 6.30. The summed E-state index contributed by atoms with van der Waals surface area (Å²) in [6.45, 7) is 4.16. The Bertz CT molecular complexity index is 511. The molecule has 1 aromatic heterocycles. The van der Waals surface area contributed by atoms with Gasteiger partial charge in [0.1, 0.15) is 0 Å². The summed E-state index contributed by atoms with van der Waals surface area (Å²) in [5, 5.41) is 4.29. The minimum atomic E-state index is 0.702. The zero-order chi connectivity index (χ0) is 16.1. The summed E-state index contributed by atoms with van der Waals surface area (Å²) < 4.78 is 2.06. The molecule has 1 N–H and O–H groups in total. The monoisotopic (exact) mass is 325 g/mol. The van der Waals surface area contributed by atoms with E-state index in [9.17, 15) is 0 Å². The first-order chi connectivity index (χ1) is 10.5. The van der Waals surface area contributed by atoms with Crippen LogP contribution in [-0.2, 0) is 13.6 Å². The molecule has 5 nitrogen and oxygen atoms in total. The van der Waals surface area contributed by atoms with Crippen LogP contribution in [0.25, 0.3) is 0 Å². The lowest BCUT2D eigenvalue weighted by Gasteiger charge is -2.31. The van der Waals surface area contributed by atoms with Crippen LogP contribution >= 0.6 is 11.6 Å². The lowest BCUT2D eigenvalue weighted by Crippen LogP contribution is -2.44. The highest BCUT2D eigenvalue weighted by Crippen LogP contribution is 2.15. The Kier molecular flexibility index (Phi) is 6.15. The Morgan fingerprint density at radius 3 is 2.86 bits per heavy atom. The molecule has 1 saturated heterocycles. The topological polar surface area (TPSA) is 35.8 Å². The molecule has 124 valence electrons. The van der Waals surface area contributed by atoms with Crippen LogP contribution < -0.4 is 5.32 Å². The number of guanidine groups is 1. The molecule has 1 aliphatic heterocycles. The van der Waals surface area contributed by atoms with Crippen molar-refractivity contribution in [3.05, 3.63) is 23.0 Å². The molecule has 1 unspecified atom stereocenters. The molecular weight excluding hydrogens is 298 g/mol. The second-order valence-electron chi connectivity index (χ2n) is 6.32. The van der Waals surface area contributed by atoms with Gasteiger partial charge >= 0.3 is 0 Å². The van der Waals surface area contributed by atoms with Gasteiger partial charge in [-0.3, -0.25) is 4.99 Å². The van der Waals surface area contributed by atoms with Gasteiger partial charge in [-0.2, -0.15) is 0 Å². The first kappa shape index (κ1) is 17.2. The summed E-state index contributed by atoms with van der Waals surface area (Å²) in [5.41, 5.74) is 1.17. The second kappa shape index (κ2) is 7.88. The van der Waals surface area contributed by atoms with Crippen LogP contribution in [-0.4, -0.2) is 61.1 Å². The van der Waals surface area contributed by atoms with Crippen molar-refractivity contribution in [3.8, 4) is 0 Å². The molecule has 1 aliphatic rings. The molecule has 0 spiro atoms. The first-order valence-corrected chi connectivity index (χ1v) is 8.28. The summed E-state index contributed by atoms with van der Waals surface area (Å²) in [7, 11) is 8.11. The number of hydrogen-bond acceptors (Lipinski definition) is 2. The van der Waals surface area contributed by atoms with Crippen LogP contribution in [0.4, 0.5) is 0 Å². The summed E-state index contributed by atoms with van der Waals surface area (Å²) in [6, 6.07) is 2.00. The molecule has 0 saturated carbocycles. The number of halogens is 1. The number of nitrogens with one attached hydrogen (secondary N) is 1. The predicted octanol–water partition coefficient (Wildman–Crippen LogP) is 2.03. The minimum absolute atomic E-state index is 0.702. The first-order valence-electron chi connectivity index (χ1n) is 7.90. The molecule has 2 rings (SSSR count). The van der Waals surface area contributed by atoms with E-state index in [-0.39, 0.29) is 0 Å². The molecule has 22 heavy (non-hydrogen) atoms. The Morgan fingerprint density at radius 1 is 1.50 bits per heavy atom. The molecule has 0 bridgehead atoms. The van der Waals surface area contributed by atoms with Crippen LogP contribution in [0.2, 0.25) is 5.02 Å². The van der Waals surface area contributed by atoms with Gasteiger partial charge in [0, 0.05) is 46.1 Å². The van der Waals surface area contributed by atoms with Gasteiger partial charge in [0.25, 0.3) is 0 Å². The van der Waals surface area contributed by atoms with Gasteiger partial charge < -0.3 is 19.7 Å². The molecule has 1 aromatic rings. The molecule has 2 heterocycles. The molecule has 1 atom stereocenters. The quantitative estimate of drug-likeness (QED) is 0.679. The number of aliphatic imine (C=N–C) groups is 1. The number of piperidine rings is 1. The van der Waals surface area contributed by atoms with Gasteiger partial charge in [0.05, 0.1) is 11.6 Å². The van der Waals surface area contributed by atoms with Gasteiger partial charge in [-0.1, -0.05) is 11.6 Å². The predicted molar refractivity (Wildman–Crippen MR) is 93.5 cm³/mol. The number of aryl methyl sites for hydroxylation is 1. The number of nitrogens with zero attached hydrogens (tertiary/aromatic N) is 4. The molecule has 0 radical (unpaired) electrons. The third-order valence-corrected chi connectivity index (χ3v) is 4.52. The standard InChI is InChI=1S/C16H28ClN5/c1-18-16(19-9-13-6-5-7-20(2)10-13)22(4)12-15-8-14(17)11-21(15)3/h8,11,13H,5-7,9-10,12H2,1-4H3,(H,18,19). The van der Waals surface area contributed by atoms with Gasteiger partial charge in [0.2, 0.25) is 0 Å². The normalized spacial score (nSPS) is 20.2. The van der Waals surface area contributed by atoms with Gasteiger partial charge in [0.15, 0.2) is 5.96 Å². The molecule has 0 aliphatic carbocycles. The third-order valence-electron chi connectivity index (χ3n) is 4.32. The molecule has 6 heteroatoms. The third kappa shape index (κ3) is 4.65. The van der Waals surface area contributed by atoms with E-state index in [1.165, 1.54) is 31.6 Å². The lowest BCUT2D eigenvalue weighted by atomic mass is 9.99. The molecule has 1 fully saturated rings. The van der Waals surface area contributed by atoms with E-state index in [1.54, 1.807) is 0 Å². The van der Waals surface area contributed by atoms with Gasteiger partial charge in [-0.25, -0.2) is 0 Å². The zero-order valence-corrected chi connectivity index (χ0v) is 14.9. The van der Waals surface area contributed by atoms with Crippen LogP contribution in [0.15, 0.2) is 17.3 Å². The number of hydrogen-bond donors (Lipinski definition) is 1. The van der Waals surface area contributed by atoms with E-state index in [4.69, 9.17) is 11.6 Å². The van der Waals surface area contributed by atoms with E-state index in [0.29, 0.717) is 5.92 Å². The van der Waals surface area contributed by atoms with Crippen molar-refractivity contribution in [2.75, 3.05) is 40.8 Å². The van der Waals surface area contributed by atoms with Crippen molar-refractivity contribution in [3.63, 3.8) is 0 Å². The Balaban J connectivity index is 1.86. The maximum absolute atomic E-state index is 6.05. The molecular formula is C16H28ClN5. The maximum Gasteiger partial charge on any atom is 0.193 e. The van der Waals surface area contributed by atoms with Gasteiger partial charge in [-0.05, 0) is 38.4 Å². The summed E-state index contributed by atoms with van der Waals surface area (Å²) >= 11 is 6.05. The van der Waals surface area contributed by atoms with E-state index >= 15 is 0 Å². The van der Waals surface area contributed by atoms with Gasteiger partial charge in [-0.15, -0.1) is 0 Å². The fourth-order valence-corrected chi connectivity index (χ4v) is 3.37. The number of likely N-dealkylation sites (tertiary alicyclic amines) is 1. The fraction of sp³-hybridized carbons (Fsp3) is 0.688. The Labute approximate surface area is 138 Å². The highest BCUT2D eigenvalue weighted by Gasteiger charge is 2.18. The SMILES string of the molecule is CN=C(NCC1CCCN(C)C1)N(C)Cc1cc(Cl)cn1C. The Morgan fingerprint density at radius 2 is 2.27 bits per heavy atom. The van der Waals surface area contributed by atoms with Crippen molar-refractivity contribution in [2.45, 2.75) is 19.4 Å². The lowest BCUT2D eigenvalue weighted by molar-refractivity contribution is 0.209. The average molecular weight is 326 g/mol. The average Bonchev–Trinajstić information content (AvgIpc) is 2.77. The number of rotatable bonds is 4. The summed E-state index contributed by atoms with van der Waals surface area (Å²) in [6.07, 6.45) is 4.52. The number of aromatic nitrogens is 1. The fourth-order valence-electron chi connectivity index (χ4n) is 3.10. The summed E-state index contributed by atoms with van der Waals surface area (Å²) in [4.78, 5) is 8.95. The van der Waals surface area contributed by atoms with Crippen molar-refractivity contribution in [1.82, 2.24) is 19.7 Å². The van der Waals surface area contributed by atoms with E-state index < -0.39 is 0 Å². The summed E-state index contributed by atoms with van der Waals surface area (Å²) in [5.74, 6) is 1.64. The van der Waals surface area contributed by atoms with Crippen LogP contribution in [0, 0.1) is 5.92 Å². The second-order valence-corrected chi connectivity index (χ2v) is 6.75. The van der Waals surface area contributed by atoms with Crippen molar-refractivity contribution >= 4 is 17.6 Å². The van der Waals surface area contributed by atoms with Crippen molar-refractivity contribution in [1.29, 1.82) is 0 Å². The van der Waals surface area contributed by atoms with Crippen LogP contribution in [0.5, 0.6) is 0 Å². The van der Waals surface area contributed by atoms with Crippen LogP contribution in [0.3, 0.4) is 0 Å². The van der Waals surface area contributed by atoms with E-state index in [2.05, 4.69) is 38.8 Å². The maximum atomic E-state index is 6.05. The molecule has 0 amide bonds. The largest absolute Gasteiger partial charge is 0.356 e. The Hall–Kier alpha value is -1.20. The van der Waals surface area contributed by atoms with Crippen LogP contribution in [0.1, 0.15) is 18.5 Å². The smallest absolute Gasteiger partial charge is 0.193 e. The molecule has 0 aromatic carbocycles. The zero-order valence-electron chi connectivity index (χ0n) is 14.1. The highest BCUT2D eigenvalue weighted by atomic mass is 35.5. The minimum Gasteiger partial charge on any atom is -0.356 e. The van der Waals surface area contributed by atoms with E-state index in [1.807, 2.05) is 26.4 Å².